The highest BCUT2D eigenvalue weighted by molar-refractivity contribution is 6.10. The second-order valence-corrected chi connectivity index (χ2v) is 4.19. The quantitative estimate of drug-likeness (QED) is 0.664. The zero-order chi connectivity index (χ0) is 14.0. The molecule has 0 amide bonds. The van der Waals surface area contributed by atoms with Crippen LogP contribution in [-0.2, 0) is 10.9 Å². The van der Waals surface area contributed by atoms with E-state index in [1.807, 2.05) is 0 Å². The smallest absolute Gasteiger partial charge is 0.416 e. The summed E-state index contributed by atoms with van der Waals surface area (Å²) < 4.78 is 43.0. The second-order valence-electron chi connectivity index (χ2n) is 4.19. The SMILES string of the molecule is Nc1ccc(C(F)(F)F)cc1C(=O)C1=CCCCO1. The first-order valence-electron chi connectivity index (χ1n) is 5.74. The zero-order valence-electron chi connectivity index (χ0n) is 9.96. The summed E-state index contributed by atoms with van der Waals surface area (Å²) in [6.45, 7) is 0.385. The number of allylic oxidation sites excluding steroid dienone is 2. The Morgan fingerprint density at radius 3 is 2.63 bits per heavy atom. The maximum Gasteiger partial charge on any atom is 0.416 e. The highest BCUT2D eigenvalue weighted by atomic mass is 19.4. The number of anilines is 1. The summed E-state index contributed by atoms with van der Waals surface area (Å²) in [5, 5.41) is 0. The van der Waals surface area contributed by atoms with Crippen LogP contribution in [0.25, 0.3) is 0 Å². The topological polar surface area (TPSA) is 52.3 Å². The molecule has 1 aliphatic heterocycles. The molecule has 0 bridgehead atoms. The number of hydrogen-bond donors (Lipinski definition) is 1. The molecular weight excluding hydrogens is 259 g/mol. The van der Waals surface area contributed by atoms with Crippen molar-refractivity contribution in [1.29, 1.82) is 0 Å². The van der Waals surface area contributed by atoms with Gasteiger partial charge in [-0.15, -0.1) is 0 Å². The van der Waals surface area contributed by atoms with E-state index < -0.39 is 17.5 Å². The zero-order valence-corrected chi connectivity index (χ0v) is 9.96. The van der Waals surface area contributed by atoms with Gasteiger partial charge in [0.15, 0.2) is 5.76 Å². The van der Waals surface area contributed by atoms with E-state index in [1.165, 1.54) is 0 Å². The lowest BCUT2D eigenvalue weighted by Gasteiger charge is -2.15. The third-order valence-electron chi connectivity index (χ3n) is 2.78. The van der Waals surface area contributed by atoms with Crippen LogP contribution in [0.15, 0.2) is 30.0 Å². The summed E-state index contributed by atoms with van der Waals surface area (Å²) in [4.78, 5) is 12.1. The van der Waals surface area contributed by atoms with Crippen LogP contribution >= 0.6 is 0 Å². The van der Waals surface area contributed by atoms with Crippen LogP contribution in [0.1, 0.15) is 28.8 Å². The number of ketones is 1. The fourth-order valence-corrected chi connectivity index (χ4v) is 1.78. The van der Waals surface area contributed by atoms with Gasteiger partial charge in [0.25, 0.3) is 0 Å². The molecule has 0 unspecified atom stereocenters. The van der Waals surface area contributed by atoms with Gasteiger partial charge in [-0.05, 0) is 37.1 Å². The number of carbonyl (C=O) groups excluding carboxylic acids is 1. The number of Topliss-reactive ketones (excluding diaryl/α,β-unsaturated/α-hetero) is 1. The van der Waals surface area contributed by atoms with E-state index in [2.05, 4.69) is 0 Å². The molecule has 2 N–H and O–H groups in total. The Morgan fingerprint density at radius 1 is 1.32 bits per heavy atom. The van der Waals surface area contributed by atoms with Crippen molar-refractivity contribution in [1.82, 2.24) is 0 Å². The molecule has 102 valence electrons. The average molecular weight is 271 g/mol. The predicted octanol–water partition coefficient (Wildman–Crippen LogP) is 3.16. The minimum Gasteiger partial charge on any atom is -0.490 e. The first-order chi connectivity index (χ1) is 8.89. The van der Waals surface area contributed by atoms with Crippen molar-refractivity contribution in [3.8, 4) is 0 Å². The van der Waals surface area contributed by atoms with Gasteiger partial charge < -0.3 is 10.5 Å². The first kappa shape index (κ1) is 13.5. The summed E-state index contributed by atoms with van der Waals surface area (Å²) in [5.41, 5.74) is 4.50. The van der Waals surface area contributed by atoms with Crippen molar-refractivity contribution in [2.45, 2.75) is 19.0 Å². The Balaban J connectivity index is 2.38. The lowest BCUT2D eigenvalue weighted by Crippen LogP contribution is -2.15. The molecule has 0 atom stereocenters. The van der Waals surface area contributed by atoms with Crippen LogP contribution in [0.3, 0.4) is 0 Å². The molecule has 0 saturated carbocycles. The number of alkyl halides is 3. The van der Waals surface area contributed by atoms with Crippen LogP contribution in [0.2, 0.25) is 0 Å². The Kier molecular flexibility index (Phi) is 3.50. The Morgan fingerprint density at radius 2 is 2.05 bits per heavy atom. The van der Waals surface area contributed by atoms with Gasteiger partial charge in [0.05, 0.1) is 12.2 Å². The van der Waals surface area contributed by atoms with E-state index in [1.54, 1.807) is 6.08 Å². The molecule has 2 rings (SSSR count). The van der Waals surface area contributed by atoms with Crippen LogP contribution < -0.4 is 5.73 Å². The van der Waals surface area contributed by atoms with E-state index >= 15 is 0 Å². The number of carbonyl (C=O) groups is 1. The number of halogens is 3. The Labute approximate surface area is 107 Å². The number of hydrogen-bond acceptors (Lipinski definition) is 3. The summed E-state index contributed by atoms with van der Waals surface area (Å²) >= 11 is 0. The highest BCUT2D eigenvalue weighted by Gasteiger charge is 2.32. The van der Waals surface area contributed by atoms with E-state index in [9.17, 15) is 18.0 Å². The lowest BCUT2D eigenvalue weighted by molar-refractivity contribution is -0.137. The van der Waals surface area contributed by atoms with Gasteiger partial charge in [0.2, 0.25) is 5.78 Å². The number of nitrogen functional groups attached to an aromatic ring is 1. The van der Waals surface area contributed by atoms with Gasteiger partial charge in [0.1, 0.15) is 0 Å². The molecule has 1 aromatic rings. The van der Waals surface area contributed by atoms with E-state index in [-0.39, 0.29) is 17.0 Å². The largest absolute Gasteiger partial charge is 0.490 e. The molecule has 0 spiro atoms. The van der Waals surface area contributed by atoms with E-state index in [4.69, 9.17) is 10.5 Å². The summed E-state index contributed by atoms with van der Waals surface area (Å²) in [5.74, 6) is -0.541. The standard InChI is InChI=1S/C13H12F3NO2/c14-13(15,16)8-4-5-10(17)9(7-8)12(18)11-3-1-2-6-19-11/h3-5,7H,1-2,6,17H2. The minimum absolute atomic E-state index is 0.00748. The van der Waals surface area contributed by atoms with Crippen molar-refractivity contribution in [3.63, 3.8) is 0 Å². The molecule has 1 aromatic carbocycles. The summed E-state index contributed by atoms with van der Waals surface area (Å²) in [7, 11) is 0. The molecule has 0 aliphatic carbocycles. The highest BCUT2D eigenvalue weighted by Crippen LogP contribution is 2.32. The minimum atomic E-state index is -4.51. The molecular formula is C13H12F3NO2. The van der Waals surface area contributed by atoms with Crippen molar-refractivity contribution >= 4 is 11.5 Å². The first-order valence-corrected chi connectivity index (χ1v) is 5.74. The predicted molar refractivity (Wildman–Crippen MR) is 63.5 cm³/mol. The normalized spacial score (nSPS) is 15.6. The van der Waals surface area contributed by atoms with Crippen molar-refractivity contribution in [2.75, 3.05) is 12.3 Å². The lowest BCUT2D eigenvalue weighted by atomic mass is 10.0. The van der Waals surface area contributed by atoms with E-state index in [0.717, 1.165) is 24.6 Å². The fraction of sp³-hybridized carbons (Fsp3) is 0.308. The van der Waals surface area contributed by atoms with Gasteiger partial charge in [-0.1, -0.05) is 0 Å². The fourth-order valence-electron chi connectivity index (χ4n) is 1.78. The van der Waals surface area contributed by atoms with Gasteiger partial charge in [-0.3, -0.25) is 4.79 Å². The van der Waals surface area contributed by atoms with E-state index in [0.29, 0.717) is 13.0 Å². The van der Waals surface area contributed by atoms with Gasteiger partial charge >= 0.3 is 6.18 Å². The maximum absolute atomic E-state index is 12.6. The van der Waals surface area contributed by atoms with Gasteiger partial charge in [0, 0.05) is 11.3 Å². The average Bonchev–Trinajstić information content (AvgIpc) is 2.38. The van der Waals surface area contributed by atoms with Gasteiger partial charge in [-0.25, -0.2) is 0 Å². The molecule has 19 heavy (non-hydrogen) atoms. The van der Waals surface area contributed by atoms with Crippen LogP contribution in [0.5, 0.6) is 0 Å². The third kappa shape index (κ3) is 2.89. The molecule has 0 saturated heterocycles. The van der Waals surface area contributed by atoms with Crippen LogP contribution in [-0.4, -0.2) is 12.4 Å². The van der Waals surface area contributed by atoms with Crippen LogP contribution in [0.4, 0.5) is 18.9 Å². The second kappa shape index (κ2) is 4.95. The summed E-state index contributed by atoms with van der Waals surface area (Å²) in [6, 6.07) is 2.69. The maximum atomic E-state index is 12.6. The number of nitrogens with two attached hydrogens (primary N) is 1. The molecule has 6 heteroatoms. The molecule has 1 heterocycles. The van der Waals surface area contributed by atoms with Crippen molar-refractivity contribution in [2.24, 2.45) is 0 Å². The monoisotopic (exact) mass is 271 g/mol. The molecule has 0 aromatic heterocycles. The summed E-state index contributed by atoms with van der Waals surface area (Å²) in [6.07, 6.45) is -1.48. The number of ether oxygens (including phenoxy) is 1. The van der Waals surface area contributed by atoms with Crippen molar-refractivity contribution in [3.05, 3.63) is 41.2 Å². The van der Waals surface area contributed by atoms with Crippen LogP contribution in [0, 0.1) is 0 Å². The number of rotatable bonds is 2. The molecule has 3 nitrogen and oxygen atoms in total. The Bertz CT molecular complexity index is 535. The molecule has 1 aliphatic rings. The third-order valence-corrected chi connectivity index (χ3v) is 2.78. The van der Waals surface area contributed by atoms with Crippen molar-refractivity contribution < 1.29 is 22.7 Å². The van der Waals surface area contributed by atoms with Gasteiger partial charge in [-0.2, -0.15) is 13.2 Å². The molecule has 0 fully saturated rings. The Hall–Kier alpha value is -1.98. The number of benzene rings is 1. The molecule has 0 radical (unpaired) electrons.